The third kappa shape index (κ3) is 2.04. The summed E-state index contributed by atoms with van der Waals surface area (Å²) in [6.07, 6.45) is 6.21. The van der Waals surface area contributed by atoms with Gasteiger partial charge in [-0.15, -0.1) is 0 Å². The molecule has 0 fully saturated rings. The summed E-state index contributed by atoms with van der Waals surface area (Å²) in [7, 11) is 1.38. The third-order valence-electron chi connectivity index (χ3n) is 2.82. The Morgan fingerprint density at radius 3 is 3.13 bits per heavy atom. The Kier molecular flexibility index (Phi) is 2.77. The molecule has 2 rings (SSSR count). The van der Waals surface area contributed by atoms with Crippen LogP contribution in [0.5, 0.6) is 0 Å². The molecule has 0 saturated carbocycles. The van der Waals surface area contributed by atoms with Crippen LogP contribution in [0.4, 0.5) is 0 Å². The van der Waals surface area contributed by atoms with E-state index in [1.54, 1.807) is 4.57 Å². The molecule has 0 bridgehead atoms. The zero-order valence-electron chi connectivity index (χ0n) is 8.77. The van der Waals surface area contributed by atoms with Gasteiger partial charge in [-0.25, -0.2) is 0 Å². The number of esters is 1. The summed E-state index contributed by atoms with van der Waals surface area (Å²) >= 11 is 0. The number of methoxy groups -OCH3 is 1. The predicted octanol–water partition coefficient (Wildman–Crippen LogP) is 1.03. The highest BCUT2D eigenvalue weighted by molar-refractivity contribution is 5.69. The Balaban J connectivity index is 2.18. The molecule has 1 atom stereocenters. The predicted molar refractivity (Wildman–Crippen MR) is 54.3 cm³/mol. The number of hydrogen-bond acceptors (Lipinski definition) is 3. The molecule has 1 aliphatic carbocycles. The van der Waals surface area contributed by atoms with Crippen LogP contribution >= 0.6 is 0 Å². The van der Waals surface area contributed by atoms with Crippen molar-refractivity contribution in [3.05, 3.63) is 23.5 Å². The van der Waals surface area contributed by atoms with Gasteiger partial charge in [0.05, 0.1) is 13.2 Å². The standard InChI is InChI=1S/C11H15NO3/c1-15-11(14)7-12-5-8-3-2-4-10(13)9(8)6-12/h5-6,10,13H,2-4,7H2,1H3. The molecule has 82 valence electrons. The van der Waals surface area contributed by atoms with Gasteiger partial charge in [-0.05, 0) is 24.8 Å². The molecule has 1 aromatic heterocycles. The molecule has 1 aliphatic rings. The van der Waals surface area contributed by atoms with Crippen LogP contribution < -0.4 is 0 Å². The van der Waals surface area contributed by atoms with E-state index in [0.717, 1.165) is 30.4 Å². The van der Waals surface area contributed by atoms with E-state index in [-0.39, 0.29) is 18.6 Å². The van der Waals surface area contributed by atoms with E-state index in [1.165, 1.54) is 7.11 Å². The number of ether oxygens (including phenoxy) is 1. The van der Waals surface area contributed by atoms with Crippen molar-refractivity contribution in [2.45, 2.75) is 31.9 Å². The number of nitrogens with zero attached hydrogens (tertiary/aromatic N) is 1. The van der Waals surface area contributed by atoms with E-state index < -0.39 is 0 Å². The number of fused-ring (bicyclic) bond motifs is 1. The molecule has 0 saturated heterocycles. The van der Waals surface area contributed by atoms with Crippen molar-refractivity contribution in [3.63, 3.8) is 0 Å². The number of aryl methyl sites for hydroxylation is 1. The van der Waals surface area contributed by atoms with Crippen LogP contribution in [0.15, 0.2) is 12.4 Å². The lowest BCUT2D eigenvalue weighted by molar-refractivity contribution is -0.141. The van der Waals surface area contributed by atoms with Crippen molar-refractivity contribution in [2.24, 2.45) is 0 Å². The minimum atomic E-state index is -0.368. The van der Waals surface area contributed by atoms with Crippen molar-refractivity contribution in [1.82, 2.24) is 4.57 Å². The molecular weight excluding hydrogens is 194 g/mol. The Labute approximate surface area is 88.5 Å². The second-order valence-electron chi connectivity index (χ2n) is 3.90. The van der Waals surface area contributed by atoms with Crippen LogP contribution in [0.1, 0.15) is 30.1 Å². The van der Waals surface area contributed by atoms with Gasteiger partial charge >= 0.3 is 5.97 Å². The van der Waals surface area contributed by atoms with E-state index >= 15 is 0 Å². The Morgan fingerprint density at radius 2 is 2.47 bits per heavy atom. The highest BCUT2D eigenvalue weighted by atomic mass is 16.5. The molecule has 0 radical (unpaired) electrons. The smallest absolute Gasteiger partial charge is 0.325 e. The Hall–Kier alpha value is -1.29. The molecule has 4 nitrogen and oxygen atoms in total. The average Bonchev–Trinajstić information content (AvgIpc) is 2.62. The van der Waals surface area contributed by atoms with Crippen LogP contribution in [0.25, 0.3) is 0 Å². The van der Waals surface area contributed by atoms with Crippen LogP contribution in [0.2, 0.25) is 0 Å². The first-order chi connectivity index (χ1) is 7.20. The maximum Gasteiger partial charge on any atom is 0.325 e. The highest BCUT2D eigenvalue weighted by Gasteiger charge is 2.20. The summed E-state index contributed by atoms with van der Waals surface area (Å²) < 4.78 is 6.37. The summed E-state index contributed by atoms with van der Waals surface area (Å²) in [5.74, 6) is -0.267. The van der Waals surface area contributed by atoms with E-state index in [4.69, 9.17) is 0 Å². The molecule has 1 unspecified atom stereocenters. The van der Waals surface area contributed by atoms with Crippen molar-refractivity contribution in [2.75, 3.05) is 7.11 Å². The number of carbonyl (C=O) groups excluding carboxylic acids is 1. The number of aliphatic hydroxyl groups is 1. The Morgan fingerprint density at radius 1 is 1.67 bits per heavy atom. The van der Waals surface area contributed by atoms with Gasteiger partial charge in [-0.3, -0.25) is 4.79 Å². The second kappa shape index (κ2) is 4.06. The first-order valence-electron chi connectivity index (χ1n) is 5.14. The van der Waals surface area contributed by atoms with Crippen LogP contribution in [0, 0.1) is 0 Å². The van der Waals surface area contributed by atoms with Crippen LogP contribution in [-0.4, -0.2) is 22.8 Å². The quantitative estimate of drug-likeness (QED) is 0.740. The molecule has 0 spiro atoms. The van der Waals surface area contributed by atoms with E-state index in [9.17, 15) is 9.90 Å². The average molecular weight is 209 g/mol. The fraction of sp³-hybridized carbons (Fsp3) is 0.545. The maximum absolute atomic E-state index is 11.1. The monoisotopic (exact) mass is 209 g/mol. The zero-order valence-corrected chi connectivity index (χ0v) is 8.77. The summed E-state index contributed by atoms with van der Waals surface area (Å²) in [6.45, 7) is 0.218. The molecule has 1 N–H and O–H groups in total. The summed E-state index contributed by atoms with van der Waals surface area (Å²) in [5, 5.41) is 9.74. The lowest BCUT2D eigenvalue weighted by Gasteiger charge is -2.16. The summed E-state index contributed by atoms with van der Waals surface area (Å²) in [4.78, 5) is 11.1. The van der Waals surface area contributed by atoms with Crippen molar-refractivity contribution in [3.8, 4) is 0 Å². The zero-order chi connectivity index (χ0) is 10.8. The van der Waals surface area contributed by atoms with Gasteiger partial charge in [0.1, 0.15) is 6.54 Å². The van der Waals surface area contributed by atoms with Gasteiger partial charge in [0.15, 0.2) is 0 Å². The molecule has 0 aromatic carbocycles. The first kappa shape index (κ1) is 10.2. The number of aromatic nitrogens is 1. The highest BCUT2D eigenvalue weighted by Crippen LogP contribution is 2.30. The van der Waals surface area contributed by atoms with Crippen molar-refractivity contribution < 1.29 is 14.6 Å². The normalized spacial score (nSPS) is 19.7. The Bertz CT molecular complexity index is 370. The lowest BCUT2D eigenvalue weighted by Crippen LogP contribution is -2.09. The van der Waals surface area contributed by atoms with E-state index in [0.29, 0.717) is 0 Å². The van der Waals surface area contributed by atoms with Crippen molar-refractivity contribution in [1.29, 1.82) is 0 Å². The van der Waals surface area contributed by atoms with Gasteiger partial charge in [-0.1, -0.05) is 0 Å². The fourth-order valence-corrected chi connectivity index (χ4v) is 2.03. The second-order valence-corrected chi connectivity index (χ2v) is 3.90. The topological polar surface area (TPSA) is 51.5 Å². The number of aliphatic hydroxyl groups excluding tert-OH is 1. The first-order valence-corrected chi connectivity index (χ1v) is 5.14. The van der Waals surface area contributed by atoms with E-state index in [2.05, 4.69) is 4.74 Å². The van der Waals surface area contributed by atoms with Gasteiger partial charge in [0, 0.05) is 18.0 Å². The largest absolute Gasteiger partial charge is 0.468 e. The van der Waals surface area contributed by atoms with Crippen LogP contribution in [-0.2, 0) is 22.5 Å². The van der Waals surface area contributed by atoms with Crippen LogP contribution in [0.3, 0.4) is 0 Å². The lowest BCUT2D eigenvalue weighted by atomic mass is 9.93. The number of rotatable bonds is 2. The SMILES string of the molecule is COC(=O)Cn1cc2c(c1)C(O)CCC2. The number of hydrogen-bond donors (Lipinski definition) is 1. The van der Waals surface area contributed by atoms with Crippen molar-refractivity contribution >= 4 is 5.97 Å². The molecule has 0 amide bonds. The minimum Gasteiger partial charge on any atom is -0.468 e. The molecule has 1 heterocycles. The third-order valence-corrected chi connectivity index (χ3v) is 2.82. The minimum absolute atomic E-state index is 0.218. The van der Waals surface area contributed by atoms with E-state index in [1.807, 2.05) is 12.4 Å². The molecule has 15 heavy (non-hydrogen) atoms. The summed E-state index contributed by atoms with van der Waals surface area (Å²) in [6, 6.07) is 0. The molecule has 1 aromatic rings. The van der Waals surface area contributed by atoms with Gasteiger partial charge < -0.3 is 14.4 Å². The van der Waals surface area contributed by atoms with Gasteiger partial charge in [0.2, 0.25) is 0 Å². The maximum atomic E-state index is 11.1. The van der Waals surface area contributed by atoms with Gasteiger partial charge in [0.25, 0.3) is 0 Å². The number of carbonyl (C=O) groups is 1. The molecular formula is C11H15NO3. The fourth-order valence-electron chi connectivity index (χ4n) is 2.03. The molecule has 4 heteroatoms. The summed E-state index contributed by atoms with van der Waals surface area (Å²) in [5.41, 5.74) is 2.11. The van der Waals surface area contributed by atoms with Gasteiger partial charge in [-0.2, -0.15) is 0 Å². The molecule has 0 aliphatic heterocycles.